The number of rotatable bonds is 4. The molecule has 7 heteroatoms. The quantitative estimate of drug-likeness (QED) is 0.710. The molecule has 2 aromatic rings. The van der Waals surface area contributed by atoms with Gasteiger partial charge in [-0.05, 0) is 23.3 Å². The number of carboxylic acid groups (broad SMARTS) is 2. The van der Waals surface area contributed by atoms with Gasteiger partial charge in [0.25, 0.3) is 0 Å². The van der Waals surface area contributed by atoms with Crippen LogP contribution in [0.25, 0.3) is 0 Å². The van der Waals surface area contributed by atoms with Crippen molar-refractivity contribution < 1.29 is 49.5 Å². The zero-order valence-corrected chi connectivity index (χ0v) is 14.4. The first-order chi connectivity index (χ1) is 9.91. The minimum atomic E-state index is -1.53. The van der Waals surface area contributed by atoms with E-state index in [1.54, 1.807) is 0 Å². The van der Waals surface area contributed by atoms with E-state index in [0.29, 0.717) is 0 Å². The molecule has 0 aliphatic rings. The maximum atomic E-state index is 10.8. The van der Waals surface area contributed by atoms with Crippen LogP contribution in [-0.2, 0) is 25.9 Å². The van der Waals surface area contributed by atoms with Crippen LogP contribution in [0.1, 0.15) is 31.8 Å². The first kappa shape index (κ1) is 17.7. The van der Waals surface area contributed by atoms with Gasteiger partial charge in [-0.3, -0.25) is 0 Å². The molecule has 2 rings (SSSR count). The van der Waals surface area contributed by atoms with Crippen molar-refractivity contribution in [1.82, 2.24) is 0 Å². The molecule has 0 spiro atoms. The van der Waals surface area contributed by atoms with Crippen molar-refractivity contribution in [3.8, 4) is 11.5 Å². The van der Waals surface area contributed by atoms with E-state index in [0.717, 1.165) is 0 Å². The number of aromatic hydroxyl groups is 2. The fourth-order valence-electron chi connectivity index (χ4n) is 2.00. The Morgan fingerprint density at radius 2 is 1.18 bits per heavy atom. The molecule has 0 heterocycles. The number of para-hydroxylation sites is 2. The summed E-state index contributed by atoms with van der Waals surface area (Å²) in [5, 5.41) is 41.4. The number of carbonyl (C=O) groups is 2. The van der Waals surface area contributed by atoms with Crippen molar-refractivity contribution in [2.75, 3.05) is 0 Å². The maximum absolute atomic E-state index is 10.8. The normalized spacial score (nSPS) is 9.82. The Bertz CT molecular complexity index is 664. The number of carbonyl (C=O) groups excluding carboxylic acids is 2. The van der Waals surface area contributed by atoms with Gasteiger partial charge in [0, 0.05) is 17.5 Å². The Hall–Kier alpha value is -2.40. The number of hydrogen-bond donors (Lipinski definition) is 2. The van der Waals surface area contributed by atoms with Crippen molar-refractivity contribution in [3.05, 3.63) is 58.7 Å². The van der Waals surface area contributed by atoms with Gasteiger partial charge in [-0.2, -0.15) is 0 Å². The van der Waals surface area contributed by atoms with Crippen LogP contribution in [0, 0.1) is 0 Å². The first-order valence-corrected chi connectivity index (χ1v) is 5.96. The number of carboxylic acids is 2. The van der Waals surface area contributed by atoms with E-state index in [4.69, 9.17) is 0 Å². The summed E-state index contributed by atoms with van der Waals surface area (Å²) >= 11 is 0. The molecule has 0 saturated heterocycles. The summed E-state index contributed by atoms with van der Waals surface area (Å²) < 4.78 is 0. The average Bonchev–Trinajstić information content (AvgIpc) is 2.42. The second-order valence-electron chi connectivity index (χ2n) is 4.38. The van der Waals surface area contributed by atoms with Crippen LogP contribution in [0.4, 0.5) is 0 Å². The van der Waals surface area contributed by atoms with E-state index >= 15 is 0 Å². The fraction of sp³-hybridized carbons (Fsp3) is 0.0667. The fourth-order valence-corrected chi connectivity index (χ4v) is 2.00. The van der Waals surface area contributed by atoms with Crippen molar-refractivity contribution in [3.63, 3.8) is 0 Å². The van der Waals surface area contributed by atoms with Crippen LogP contribution in [0.3, 0.4) is 0 Å². The van der Waals surface area contributed by atoms with Gasteiger partial charge in [-0.1, -0.05) is 24.3 Å². The summed E-state index contributed by atoms with van der Waals surface area (Å²) in [7, 11) is 0. The zero-order chi connectivity index (χ0) is 15.6. The molecule has 6 nitrogen and oxygen atoms in total. The first-order valence-electron chi connectivity index (χ1n) is 5.96. The summed E-state index contributed by atoms with van der Waals surface area (Å²) in [6, 6.07) is 8.14. The topological polar surface area (TPSA) is 121 Å². The maximum Gasteiger partial charge on any atom is 2.00 e. The van der Waals surface area contributed by atoms with Crippen molar-refractivity contribution in [2.24, 2.45) is 0 Å². The molecule has 0 fully saturated rings. The van der Waals surface area contributed by atoms with E-state index in [9.17, 15) is 30.0 Å². The van der Waals surface area contributed by atoms with Crippen LogP contribution >= 0.6 is 0 Å². The number of benzene rings is 2. The Balaban J connectivity index is 0.00000242. The van der Waals surface area contributed by atoms with Gasteiger partial charge in [-0.25, -0.2) is 0 Å². The summed E-state index contributed by atoms with van der Waals surface area (Å²) in [5.41, 5.74) is -0.295. The van der Waals surface area contributed by atoms with Gasteiger partial charge in [-0.15, -0.1) is 0 Å². The molecule has 0 unspecified atom stereocenters. The summed E-state index contributed by atoms with van der Waals surface area (Å²) in [5.74, 6) is -4.00. The van der Waals surface area contributed by atoms with Crippen LogP contribution in [0.5, 0.6) is 11.5 Å². The molecule has 0 aromatic heterocycles. The molecule has 108 valence electrons. The molecule has 22 heavy (non-hydrogen) atoms. The zero-order valence-electron chi connectivity index (χ0n) is 11.4. The summed E-state index contributed by atoms with van der Waals surface area (Å²) in [6.45, 7) is 0. The van der Waals surface area contributed by atoms with E-state index in [2.05, 4.69) is 0 Å². The molecule has 0 saturated carbocycles. The van der Waals surface area contributed by atoms with Crippen molar-refractivity contribution in [1.29, 1.82) is 0 Å². The van der Waals surface area contributed by atoms with E-state index in [1.807, 2.05) is 0 Å². The number of aromatic carboxylic acids is 2. The SMILES string of the molecule is O=C([O-])c1cccc(Cc2cccc(C(=O)[O-])c2O)c1O.[Zn+2]. The molecular formula is C15H10O6Zn. The second kappa shape index (κ2) is 7.05. The molecule has 0 amide bonds. The van der Waals surface area contributed by atoms with Gasteiger partial charge >= 0.3 is 19.5 Å². The Labute approximate surface area is 138 Å². The minimum absolute atomic E-state index is 0. The second-order valence-corrected chi connectivity index (χ2v) is 4.38. The molecule has 2 N–H and O–H groups in total. The van der Waals surface area contributed by atoms with E-state index in [1.165, 1.54) is 36.4 Å². The van der Waals surface area contributed by atoms with Crippen LogP contribution in [-0.4, -0.2) is 22.2 Å². The van der Waals surface area contributed by atoms with Gasteiger partial charge < -0.3 is 30.0 Å². The van der Waals surface area contributed by atoms with E-state index < -0.39 is 23.4 Å². The molecule has 2 aromatic carbocycles. The predicted octanol–water partition coefficient (Wildman–Crippen LogP) is -0.587. The van der Waals surface area contributed by atoms with Gasteiger partial charge in [0.05, 0.1) is 11.9 Å². The van der Waals surface area contributed by atoms with E-state index in [-0.39, 0.29) is 48.2 Å². The minimum Gasteiger partial charge on any atom is -0.545 e. The van der Waals surface area contributed by atoms with Crippen molar-refractivity contribution >= 4 is 11.9 Å². The molecular weight excluding hydrogens is 342 g/mol. The number of hydrogen-bond acceptors (Lipinski definition) is 6. The van der Waals surface area contributed by atoms with Gasteiger partial charge in [0.15, 0.2) is 0 Å². The van der Waals surface area contributed by atoms with Gasteiger partial charge in [0.1, 0.15) is 11.5 Å². The molecule has 0 bridgehead atoms. The molecule has 0 aliphatic carbocycles. The Kier molecular flexibility index (Phi) is 5.65. The molecule has 0 aliphatic heterocycles. The summed E-state index contributed by atoms with van der Waals surface area (Å²) in [6.07, 6.45) is -0.0418. The average molecular weight is 352 g/mol. The van der Waals surface area contributed by atoms with Crippen molar-refractivity contribution in [2.45, 2.75) is 6.42 Å². The third kappa shape index (κ3) is 3.43. The number of phenols is 2. The van der Waals surface area contributed by atoms with Crippen LogP contribution in [0.15, 0.2) is 36.4 Å². The van der Waals surface area contributed by atoms with Gasteiger partial charge in [0.2, 0.25) is 0 Å². The predicted molar refractivity (Wildman–Crippen MR) is 67.7 cm³/mol. The monoisotopic (exact) mass is 350 g/mol. The third-order valence-corrected chi connectivity index (χ3v) is 3.06. The smallest absolute Gasteiger partial charge is 0.545 e. The summed E-state index contributed by atoms with van der Waals surface area (Å²) in [4.78, 5) is 21.7. The van der Waals surface area contributed by atoms with Crippen LogP contribution in [0.2, 0.25) is 0 Å². The molecule has 0 atom stereocenters. The standard InChI is InChI=1S/C15H12O6.Zn/c16-12-8(3-1-5-10(12)14(18)19)7-9-4-2-6-11(13(9)17)15(20)21;/h1-6,16-17H,7H2,(H,18,19)(H,20,21);/q;+2/p-2. The molecule has 0 radical (unpaired) electrons. The third-order valence-electron chi connectivity index (χ3n) is 3.06. The van der Waals surface area contributed by atoms with Crippen LogP contribution < -0.4 is 10.2 Å². The Morgan fingerprint density at radius 1 is 0.818 bits per heavy atom. The largest absolute Gasteiger partial charge is 2.00 e. The Morgan fingerprint density at radius 3 is 1.50 bits per heavy atom.